The van der Waals surface area contributed by atoms with Crippen molar-refractivity contribution >= 4 is 27.8 Å². The molecule has 8 heteroatoms. The van der Waals surface area contributed by atoms with Crippen molar-refractivity contribution in [3.05, 3.63) is 29.6 Å². The Morgan fingerprint density at radius 2 is 1.66 bits per heavy atom. The number of aliphatic hydroxyl groups is 1. The van der Waals surface area contributed by atoms with Gasteiger partial charge in [0.15, 0.2) is 0 Å². The van der Waals surface area contributed by atoms with Crippen molar-refractivity contribution in [3.63, 3.8) is 0 Å². The van der Waals surface area contributed by atoms with Gasteiger partial charge in [-0.3, -0.25) is 0 Å². The number of hydrogen-bond donors (Lipinski definition) is 4. The molecule has 0 aliphatic heterocycles. The van der Waals surface area contributed by atoms with Gasteiger partial charge in [-0.05, 0) is 83.6 Å². The molecule has 0 spiro atoms. The normalized spacial score (nSPS) is 11.4. The molecule has 0 amide bonds. The van der Waals surface area contributed by atoms with Crippen LogP contribution < -0.4 is 11.6 Å². The number of hydrogen-bond acceptors (Lipinski definition) is 7. The number of unbranched alkanes of at least 4 members (excludes halogenated alkanes) is 3. The maximum absolute atomic E-state index is 9.13. The molecule has 0 saturated heterocycles. The molecule has 0 aliphatic carbocycles. The van der Waals surface area contributed by atoms with E-state index in [4.69, 9.17) is 15.8 Å². The number of fused-ring (bicyclic) bond motifs is 3. The Kier molecular flexibility index (Phi) is 16.1. The van der Waals surface area contributed by atoms with Crippen molar-refractivity contribution in [2.45, 2.75) is 104 Å². The van der Waals surface area contributed by atoms with Crippen molar-refractivity contribution in [1.82, 2.24) is 19.9 Å². The van der Waals surface area contributed by atoms with E-state index >= 15 is 0 Å². The van der Waals surface area contributed by atoms with Crippen LogP contribution in [0.15, 0.2) is 18.2 Å². The second kappa shape index (κ2) is 18.1. The lowest BCUT2D eigenvalue weighted by Crippen LogP contribution is -2.20. The summed E-state index contributed by atoms with van der Waals surface area (Å²) in [5.41, 5.74) is 9.99. The maximum Gasteiger partial charge on any atom is 0.150 e. The average Bonchev–Trinajstić information content (AvgIpc) is 3.33. The van der Waals surface area contributed by atoms with Crippen LogP contribution in [0.25, 0.3) is 21.9 Å². The number of aromatic nitrogens is 3. The molecule has 3 rings (SSSR count). The van der Waals surface area contributed by atoms with Gasteiger partial charge in [-0.15, -0.1) is 0 Å². The molecular weight excluding hydrogens is 476 g/mol. The van der Waals surface area contributed by atoms with Gasteiger partial charge >= 0.3 is 0 Å². The minimum atomic E-state index is -0.417. The van der Waals surface area contributed by atoms with E-state index < -0.39 is 5.60 Å². The molecule has 0 unspecified atom stereocenters. The smallest absolute Gasteiger partial charge is 0.150 e. The predicted octanol–water partition coefficient (Wildman–Crippen LogP) is 6.15. The lowest BCUT2D eigenvalue weighted by atomic mass is 10.0. The zero-order chi connectivity index (χ0) is 28.6. The number of rotatable bonds is 13. The number of nitrogens with zero attached hydrogens (tertiary/aromatic N) is 3. The highest BCUT2D eigenvalue weighted by atomic mass is 16.6. The minimum absolute atomic E-state index is 0.417. The second-order valence-corrected chi connectivity index (χ2v) is 10.4. The van der Waals surface area contributed by atoms with Crippen LogP contribution in [-0.4, -0.2) is 57.8 Å². The molecule has 8 nitrogen and oxygen atoms in total. The third-order valence-electron chi connectivity index (χ3n) is 7.00. The van der Waals surface area contributed by atoms with E-state index in [1.165, 1.54) is 56.8 Å². The van der Waals surface area contributed by atoms with Crippen LogP contribution in [-0.2, 0) is 17.7 Å². The first-order valence-corrected chi connectivity index (χ1v) is 14.4. The van der Waals surface area contributed by atoms with Crippen molar-refractivity contribution in [2.75, 3.05) is 33.0 Å². The number of pyridine rings is 1. The topological polar surface area (TPSA) is 126 Å². The average molecular weight is 531 g/mol. The van der Waals surface area contributed by atoms with Crippen LogP contribution >= 0.6 is 0 Å². The molecule has 38 heavy (non-hydrogen) atoms. The molecule has 0 fully saturated rings. The number of anilines is 1. The summed E-state index contributed by atoms with van der Waals surface area (Å²) in [4.78, 5) is 19.1. The fourth-order valence-electron chi connectivity index (χ4n) is 4.22. The third-order valence-corrected chi connectivity index (χ3v) is 7.00. The van der Waals surface area contributed by atoms with E-state index in [1.807, 2.05) is 20.8 Å². The first-order valence-electron chi connectivity index (χ1n) is 14.4. The minimum Gasteiger partial charge on any atom is -0.390 e. The van der Waals surface area contributed by atoms with Gasteiger partial charge in [-0.2, -0.15) is 0 Å². The molecule has 6 N–H and O–H groups in total. The molecule has 0 aliphatic rings. The number of nitrogen functional groups attached to an aromatic ring is 1. The summed E-state index contributed by atoms with van der Waals surface area (Å²) in [6.45, 7) is 12.6. The first-order chi connectivity index (χ1) is 18.2. The van der Waals surface area contributed by atoms with Crippen molar-refractivity contribution in [2.24, 2.45) is 5.90 Å². The van der Waals surface area contributed by atoms with Crippen LogP contribution in [0, 0.1) is 0 Å². The standard InChI is InChI=1S/C23H35N5.C6H14O.CH5NO/c1-4-6-14-19-26-21-20-17(11-8-7-9-16-28(3)15-5-2)12-10-13-18(20)25-23(24)22(21)27-19;1-4-6(3,7)5-2;1-3-2/h10,12-13H,4-9,11,14-16H2,1-3H3,(H2,24,25)(H,26,27);7H,4-5H2,1-3H3;2H2,1H3. The zero-order valence-corrected chi connectivity index (χ0v) is 25.1. The van der Waals surface area contributed by atoms with Gasteiger partial charge < -0.3 is 25.6 Å². The van der Waals surface area contributed by atoms with Crippen LogP contribution in [0.5, 0.6) is 0 Å². The quantitative estimate of drug-likeness (QED) is 0.154. The van der Waals surface area contributed by atoms with Gasteiger partial charge in [0.05, 0.1) is 18.2 Å². The molecule has 0 bridgehead atoms. The van der Waals surface area contributed by atoms with Gasteiger partial charge in [0.2, 0.25) is 0 Å². The zero-order valence-electron chi connectivity index (χ0n) is 25.1. The molecule has 3 aromatic rings. The first kappa shape index (κ1) is 33.8. The fraction of sp³-hybridized carbons (Fsp3) is 0.667. The summed E-state index contributed by atoms with van der Waals surface area (Å²) in [6, 6.07) is 6.37. The summed E-state index contributed by atoms with van der Waals surface area (Å²) in [7, 11) is 3.62. The van der Waals surface area contributed by atoms with Gasteiger partial charge in [-0.25, -0.2) is 15.9 Å². The van der Waals surface area contributed by atoms with E-state index in [0.29, 0.717) is 5.82 Å². The number of nitrogens with one attached hydrogen (secondary N) is 1. The fourth-order valence-corrected chi connectivity index (χ4v) is 4.22. The van der Waals surface area contributed by atoms with Crippen LogP contribution in [0.2, 0.25) is 0 Å². The van der Waals surface area contributed by atoms with Gasteiger partial charge in [0.1, 0.15) is 22.7 Å². The summed E-state index contributed by atoms with van der Waals surface area (Å²) < 4.78 is 0. The Hall–Kier alpha value is -2.26. The Morgan fingerprint density at radius 3 is 2.24 bits per heavy atom. The van der Waals surface area contributed by atoms with Gasteiger partial charge in [0.25, 0.3) is 0 Å². The Labute approximate surface area is 230 Å². The van der Waals surface area contributed by atoms with Gasteiger partial charge in [-0.1, -0.05) is 52.7 Å². The number of nitrogens with two attached hydrogens (primary N) is 2. The van der Waals surface area contributed by atoms with E-state index in [2.05, 4.69) is 64.7 Å². The molecule has 1 aromatic carbocycles. The summed E-state index contributed by atoms with van der Waals surface area (Å²) in [6.07, 6.45) is 10.9. The number of aromatic amines is 1. The van der Waals surface area contributed by atoms with E-state index in [0.717, 1.165) is 60.9 Å². The second-order valence-electron chi connectivity index (χ2n) is 10.4. The monoisotopic (exact) mass is 530 g/mol. The summed E-state index contributed by atoms with van der Waals surface area (Å²) in [5.74, 6) is 5.92. The summed E-state index contributed by atoms with van der Waals surface area (Å²) >= 11 is 0. The highest BCUT2D eigenvalue weighted by molar-refractivity contribution is 6.07. The number of imidazole rings is 1. The van der Waals surface area contributed by atoms with Crippen LogP contribution in [0.1, 0.15) is 97.4 Å². The molecule has 0 saturated carbocycles. The molecule has 2 heterocycles. The molecular formula is C30H54N6O2. The van der Waals surface area contributed by atoms with E-state index in [-0.39, 0.29) is 0 Å². The summed E-state index contributed by atoms with van der Waals surface area (Å²) in [5, 5.41) is 10.3. The molecule has 0 radical (unpaired) electrons. The Morgan fingerprint density at radius 1 is 0.974 bits per heavy atom. The Bertz CT molecular complexity index is 1040. The lowest BCUT2D eigenvalue weighted by molar-refractivity contribution is 0.0521. The number of H-pyrrole nitrogens is 1. The Balaban J connectivity index is 0.000000618. The maximum atomic E-state index is 9.13. The number of aryl methyl sites for hydroxylation is 2. The van der Waals surface area contributed by atoms with Crippen molar-refractivity contribution in [1.29, 1.82) is 0 Å². The SMILES string of the molecule is CCC(C)(O)CC.CCCCc1nc2c([nH]1)c(N)nc1cccc(CCCCCN(C)CCC)c12.CON. The predicted molar refractivity (Wildman–Crippen MR) is 162 cm³/mol. The van der Waals surface area contributed by atoms with Crippen molar-refractivity contribution < 1.29 is 9.94 Å². The van der Waals surface area contributed by atoms with E-state index in [1.54, 1.807) is 0 Å². The molecule has 2 aromatic heterocycles. The van der Waals surface area contributed by atoms with Crippen LogP contribution in [0.4, 0.5) is 5.82 Å². The van der Waals surface area contributed by atoms with Crippen molar-refractivity contribution in [3.8, 4) is 0 Å². The molecule has 0 atom stereocenters. The highest BCUT2D eigenvalue weighted by Crippen LogP contribution is 2.30. The lowest BCUT2D eigenvalue weighted by Gasteiger charge is -2.17. The largest absolute Gasteiger partial charge is 0.390 e. The van der Waals surface area contributed by atoms with Crippen LogP contribution in [0.3, 0.4) is 0 Å². The highest BCUT2D eigenvalue weighted by Gasteiger charge is 2.14. The van der Waals surface area contributed by atoms with Gasteiger partial charge in [0, 0.05) is 11.8 Å². The van der Waals surface area contributed by atoms with E-state index in [9.17, 15) is 0 Å². The molecule has 216 valence electrons. The number of benzene rings is 1. The third kappa shape index (κ3) is 11.2.